The molecule has 0 spiro atoms. The Morgan fingerprint density at radius 1 is 0.756 bits per heavy atom. The molecule has 0 saturated heterocycles. The van der Waals surface area contributed by atoms with Crippen molar-refractivity contribution in [2.24, 2.45) is 0 Å². The molecule has 15 heteroatoms. The largest absolute Gasteiger partial charge is 0.491 e. The van der Waals surface area contributed by atoms with Crippen molar-refractivity contribution in [1.82, 2.24) is 9.97 Å². The van der Waals surface area contributed by atoms with Crippen LogP contribution in [0.4, 0.5) is 49.5 Å². The number of aromatic nitrogens is 2. The van der Waals surface area contributed by atoms with Crippen LogP contribution >= 0.6 is 0 Å². The summed E-state index contributed by atoms with van der Waals surface area (Å²) in [4.78, 5) is 6.03. The van der Waals surface area contributed by atoms with Crippen molar-refractivity contribution >= 4 is 33.0 Å². The summed E-state index contributed by atoms with van der Waals surface area (Å²) >= 11 is 0. The van der Waals surface area contributed by atoms with Crippen molar-refractivity contribution in [2.75, 3.05) is 31.0 Å². The molecular weight excluding hydrogens is 578 g/mol. The first-order valence-electron chi connectivity index (χ1n) is 11.6. The van der Waals surface area contributed by atoms with Gasteiger partial charge in [-0.05, 0) is 42.0 Å². The number of hydrogen-bond acceptors (Lipinski definition) is 8. The molecule has 0 fully saturated rings. The van der Waals surface area contributed by atoms with E-state index in [9.17, 15) is 34.8 Å². The summed E-state index contributed by atoms with van der Waals surface area (Å²) in [6.45, 7) is 0.806. The maximum Gasteiger partial charge on any atom is 0.229 e. The van der Waals surface area contributed by atoms with Gasteiger partial charge in [0, 0.05) is 18.5 Å². The van der Waals surface area contributed by atoms with Crippen LogP contribution < -0.4 is 15.4 Å². The van der Waals surface area contributed by atoms with Gasteiger partial charge in [0.1, 0.15) is 17.3 Å². The van der Waals surface area contributed by atoms with Gasteiger partial charge >= 0.3 is 0 Å². The average molecular weight is 599 g/mol. The molecule has 8 nitrogen and oxygen atoms in total. The van der Waals surface area contributed by atoms with Crippen molar-refractivity contribution < 1.29 is 44.2 Å². The summed E-state index contributed by atoms with van der Waals surface area (Å²) in [6, 6.07) is 11.8. The van der Waals surface area contributed by atoms with Crippen molar-refractivity contribution in [3.8, 4) is 5.75 Å². The first-order chi connectivity index (χ1) is 19.5. The van der Waals surface area contributed by atoms with Crippen LogP contribution in [-0.4, -0.2) is 38.7 Å². The molecule has 0 aliphatic heterocycles. The zero-order valence-corrected chi connectivity index (χ0v) is 21.8. The summed E-state index contributed by atoms with van der Waals surface area (Å²) in [6.07, 6.45) is 0.922. The fourth-order valence-corrected chi connectivity index (χ4v) is 4.99. The lowest BCUT2D eigenvalue weighted by Crippen LogP contribution is -2.14. The standard InChI is InChI=1S/C26H20F6N4O4S/c1-39-10-11-40-17-8-6-16(7-9-17)35-26-33-12-18(27)25(36-26)34-15-4-2-14(3-5-15)13-41(37,38)24-22(31)20(29)19(28)21(30)23(24)32/h2-9,12H,10-11,13H2,1H3,(H2,33,34,35,36). The van der Waals surface area contributed by atoms with Gasteiger partial charge in [0.2, 0.25) is 11.8 Å². The Kier molecular flexibility index (Phi) is 8.98. The van der Waals surface area contributed by atoms with Crippen LogP contribution in [0.5, 0.6) is 5.75 Å². The first-order valence-corrected chi connectivity index (χ1v) is 13.3. The van der Waals surface area contributed by atoms with Crippen LogP contribution in [0.1, 0.15) is 5.56 Å². The van der Waals surface area contributed by atoms with Crippen LogP contribution in [0.2, 0.25) is 0 Å². The molecular formula is C26H20F6N4O4S. The molecule has 0 saturated carbocycles. The number of hydrogen-bond donors (Lipinski definition) is 2. The minimum absolute atomic E-state index is 0.0420. The monoisotopic (exact) mass is 598 g/mol. The number of nitrogens with zero attached hydrogens (tertiary/aromatic N) is 2. The number of benzene rings is 3. The molecule has 0 atom stereocenters. The molecule has 0 aliphatic carbocycles. The minimum atomic E-state index is -4.98. The van der Waals surface area contributed by atoms with Crippen molar-refractivity contribution in [2.45, 2.75) is 10.6 Å². The number of sulfone groups is 1. The second-order valence-electron chi connectivity index (χ2n) is 8.36. The highest BCUT2D eigenvalue weighted by molar-refractivity contribution is 7.90. The van der Waals surface area contributed by atoms with Gasteiger partial charge in [-0.2, -0.15) is 4.98 Å². The van der Waals surface area contributed by atoms with E-state index in [0.717, 1.165) is 6.20 Å². The number of ether oxygens (including phenoxy) is 2. The third kappa shape index (κ3) is 6.86. The SMILES string of the molecule is COCCOc1ccc(Nc2ncc(F)c(Nc3ccc(CS(=O)(=O)c4c(F)c(F)c(F)c(F)c4F)cc3)n2)cc1. The summed E-state index contributed by atoms with van der Waals surface area (Å²) in [7, 11) is -3.42. The Labute approximate surface area is 229 Å². The Morgan fingerprint density at radius 2 is 1.32 bits per heavy atom. The number of anilines is 4. The molecule has 0 radical (unpaired) electrons. The fourth-order valence-electron chi connectivity index (χ4n) is 3.49. The van der Waals surface area contributed by atoms with Crippen LogP contribution in [0.25, 0.3) is 0 Å². The van der Waals surface area contributed by atoms with Crippen molar-refractivity contribution in [3.05, 3.63) is 95.2 Å². The van der Waals surface area contributed by atoms with E-state index in [2.05, 4.69) is 20.6 Å². The molecule has 0 bridgehead atoms. The summed E-state index contributed by atoms with van der Waals surface area (Å²) in [5.41, 5.74) is 0.782. The Morgan fingerprint density at radius 3 is 1.93 bits per heavy atom. The molecule has 216 valence electrons. The quantitative estimate of drug-likeness (QED) is 0.0735. The maximum absolute atomic E-state index is 14.4. The van der Waals surface area contributed by atoms with Gasteiger partial charge in [-0.15, -0.1) is 0 Å². The van der Waals surface area contributed by atoms with E-state index >= 15 is 0 Å². The maximum atomic E-state index is 14.4. The second kappa shape index (κ2) is 12.4. The van der Waals surface area contributed by atoms with Gasteiger partial charge in [-0.3, -0.25) is 0 Å². The summed E-state index contributed by atoms with van der Waals surface area (Å²) in [5.74, 6) is -13.6. The van der Waals surface area contributed by atoms with E-state index < -0.39 is 55.4 Å². The predicted octanol–water partition coefficient (Wildman–Crippen LogP) is 5.80. The van der Waals surface area contributed by atoms with E-state index in [1.54, 1.807) is 31.4 Å². The lowest BCUT2D eigenvalue weighted by molar-refractivity contribution is 0.146. The molecule has 1 heterocycles. The van der Waals surface area contributed by atoms with Crippen LogP contribution in [0.3, 0.4) is 0 Å². The Hall–Kier alpha value is -4.37. The third-order valence-corrected chi connectivity index (χ3v) is 7.16. The van der Waals surface area contributed by atoms with Gasteiger partial charge < -0.3 is 20.1 Å². The third-order valence-electron chi connectivity index (χ3n) is 5.46. The lowest BCUT2D eigenvalue weighted by atomic mass is 10.2. The fraction of sp³-hybridized carbons (Fsp3) is 0.154. The molecule has 1 aromatic heterocycles. The van der Waals surface area contributed by atoms with Crippen LogP contribution in [-0.2, 0) is 20.3 Å². The van der Waals surface area contributed by atoms with E-state index in [1.807, 2.05) is 0 Å². The highest BCUT2D eigenvalue weighted by Crippen LogP contribution is 2.29. The zero-order valence-electron chi connectivity index (χ0n) is 21.0. The molecule has 4 rings (SSSR count). The number of nitrogens with one attached hydrogen (secondary N) is 2. The number of halogens is 6. The zero-order chi connectivity index (χ0) is 29.7. The van der Waals surface area contributed by atoms with Gasteiger partial charge in [-0.25, -0.2) is 39.7 Å². The summed E-state index contributed by atoms with van der Waals surface area (Å²) in [5, 5.41) is 5.60. The van der Waals surface area contributed by atoms with Gasteiger partial charge in [0.25, 0.3) is 0 Å². The molecule has 0 aliphatic rings. The van der Waals surface area contributed by atoms with Gasteiger partial charge in [0.15, 0.2) is 44.7 Å². The van der Waals surface area contributed by atoms with E-state index in [4.69, 9.17) is 9.47 Å². The van der Waals surface area contributed by atoms with E-state index in [0.29, 0.717) is 24.7 Å². The molecule has 0 amide bonds. The number of rotatable bonds is 11. The smallest absolute Gasteiger partial charge is 0.229 e. The summed E-state index contributed by atoms with van der Waals surface area (Å²) < 4.78 is 118. The molecule has 3 aromatic carbocycles. The van der Waals surface area contributed by atoms with Crippen molar-refractivity contribution in [3.63, 3.8) is 0 Å². The van der Waals surface area contributed by atoms with Crippen LogP contribution in [0, 0.1) is 34.9 Å². The second-order valence-corrected chi connectivity index (χ2v) is 10.3. The molecule has 2 N–H and O–H groups in total. The topological polar surface area (TPSA) is 102 Å². The molecule has 0 unspecified atom stereocenters. The van der Waals surface area contributed by atoms with Crippen molar-refractivity contribution in [1.29, 1.82) is 0 Å². The minimum Gasteiger partial charge on any atom is -0.491 e. The first kappa shape index (κ1) is 29.6. The van der Waals surface area contributed by atoms with Gasteiger partial charge in [-0.1, -0.05) is 12.1 Å². The van der Waals surface area contributed by atoms with E-state index in [-0.39, 0.29) is 23.0 Å². The number of methoxy groups -OCH3 is 1. The van der Waals surface area contributed by atoms with Crippen LogP contribution in [0.15, 0.2) is 59.6 Å². The average Bonchev–Trinajstić information content (AvgIpc) is 2.94. The highest BCUT2D eigenvalue weighted by Gasteiger charge is 2.33. The predicted molar refractivity (Wildman–Crippen MR) is 136 cm³/mol. The molecule has 4 aromatic rings. The lowest BCUT2D eigenvalue weighted by Gasteiger charge is -2.12. The molecule has 41 heavy (non-hydrogen) atoms. The Bertz CT molecular complexity index is 1630. The van der Waals surface area contributed by atoms with Gasteiger partial charge in [0.05, 0.1) is 18.6 Å². The highest BCUT2D eigenvalue weighted by atomic mass is 32.2. The van der Waals surface area contributed by atoms with E-state index in [1.165, 1.54) is 24.3 Å². The Balaban J connectivity index is 1.46. The normalized spacial score (nSPS) is 11.4.